The van der Waals surface area contributed by atoms with E-state index in [0.717, 1.165) is 24.4 Å². The van der Waals surface area contributed by atoms with Crippen molar-refractivity contribution in [3.8, 4) is 0 Å². The minimum Gasteiger partial charge on any atom is -0.379 e. The molecule has 2 fully saturated rings. The smallest absolute Gasteiger partial charge is 0.325 e. The summed E-state index contributed by atoms with van der Waals surface area (Å²) in [6.07, 6.45) is 0.923. The van der Waals surface area contributed by atoms with Gasteiger partial charge in [-0.1, -0.05) is 26.0 Å². The van der Waals surface area contributed by atoms with Crippen molar-refractivity contribution in [1.82, 2.24) is 20.4 Å². The van der Waals surface area contributed by atoms with Crippen LogP contribution in [0.1, 0.15) is 32.8 Å². The van der Waals surface area contributed by atoms with Crippen molar-refractivity contribution in [3.05, 3.63) is 35.6 Å². The van der Waals surface area contributed by atoms with Gasteiger partial charge in [0.2, 0.25) is 5.91 Å². The Kier molecular flexibility index (Phi) is 7.27. The molecule has 8 nitrogen and oxygen atoms in total. The van der Waals surface area contributed by atoms with Crippen LogP contribution in [-0.2, 0) is 19.9 Å². The first kappa shape index (κ1) is 23.1. The molecule has 0 radical (unpaired) electrons. The maximum atomic E-state index is 13.2. The van der Waals surface area contributed by atoms with Gasteiger partial charge in [-0.05, 0) is 37.0 Å². The summed E-state index contributed by atoms with van der Waals surface area (Å²) in [5, 5.41) is 5.51. The molecule has 0 saturated carbocycles. The maximum absolute atomic E-state index is 13.2. The lowest BCUT2D eigenvalue weighted by atomic mass is 9.92. The van der Waals surface area contributed by atoms with E-state index in [0.29, 0.717) is 31.2 Å². The van der Waals surface area contributed by atoms with Gasteiger partial charge in [-0.25, -0.2) is 9.18 Å². The van der Waals surface area contributed by atoms with Gasteiger partial charge in [0.25, 0.3) is 5.91 Å². The number of rotatable bonds is 8. The molecule has 0 aromatic heterocycles. The molecule has 1 aromatic carbocycles. The highest BCUT2D eigenvalue weighted by Gasteiger charge is 2.49. The molecule has 2 heterocycles. The summed E-state index contributed by atoms with van der Waals surface area (Å²) in [7, 11) is 0. The van der Waals surface area contributed by atoms with E-state index >= 15 is 0 Å². The highest BCUT2D eigenvalue weighted by atomic mass is 19.1. The molecule has 2 aliphatic heterocycles. The van der Waals surface area contributed by atoms with E-state index in [4.69, 9.17) is 4.74 Å². The van der Waals surface area contributed by atoms with Crippen LogP contribution in [0.25, 0.3) is 0 Å². The van der Waals surface area contributed by atoms with Crippen LogP contribution in [0, 0.1) is 11.7 Å². The third-order valence-corrected chi connectivity index (χ3v) is 5.84. The van der Waals surface area contributed by atoms with Gasteiger partial charge < -0.3 is 15.4 Å². The highest BCUT2D eigenvalue weighted by molar-refractivity contribution is 6.09. The molecule has 2 saturated heterocycles. The molecule has 0 spiro atoms. The van der Waals surface area contributed by atoms with E-state index in [2.05, 4.69) is 29.4 Å². The number of benzene rings is 1. The summed E-state index contributed by atoms with van der Waals surface area (Å²) >= 11 is 0. The Balaban J connectivity index is 1.60. The van der Waals surface area contributed by atoms with Crippen molar-refractivity contribution < 1.29 is 23.5 Å². The normalized spacial score (nSPS) is 23.2. The maximum Gasteiger partial charge on any atom is 0.325 e. The molecule has 4 amide bonds. The van der Waals surface area contributed by atoms with Gasteiger partial charge in [0.1, 0.15) is 17.9 Å². The summed E-state index contributed by atoms with van der Waals surface area (Å²) < 4.78 is 18.7. The molecular weight excluding hydrogens is 403 g/mol. The third-order valence-electron chi connectivity index (χ3n) is 5.84. The van der Waals surface area contributed by atoms with Gasteiger partial charge in [-0.2, -0.15) is 0 Å². The number of morpholine rings is 1. The molecular formula is C22H31FN4O4. The Morgan fingerprint density at radius 3 is 2.48 bits per heavy atom. The first-order valence-corrected chi connectivity index (χ1v) is 10.7. The molecule has 31 heavy (non-hydrogen) atoms. The van der Waals surface area contributed by atoms with Gasteiger partial charge in [0.05, 0.1) is 13.2 Å². The number of nitrogens with zero attached hydrogens (tertiary/aromatic N) is 2. The first-order chi connectivity index (χ1) is 14.7. The summed E-state index contributed by atoms with van der Waals surface area (Å²) in [4.78, 5) is 41.2. The van der Waals surface area contributed by atoms with Crippen molar-refractivity contribution in [2.75, 3.05) is 39.4 Å². The fourth-order valence-electron chi connectivity index (χ4n) is 4.10. The van der Waals surface area contributed by atoms with Crippen LogP contribution in [-0.4, -0.2) is 73.1 Å². The number of halogens is 1. The van der Waals surface area contributed by atoms with Gasteiger partial charge >= 0.3 is 6.03 Å². The summed E-state index contributed by atoms with van der Waals surface area (Å²) in [5.74, 6) is -0.899. The fraction of sp³-hybridized carbons (Fsp3) is 0.591. The first-order valence-electron chi connectivity index (χ1n) is 10.7. The SMILES string of the molecule is CC(C)CC(CNC(=O)CN1C(=O)NC(C)(c2ccc(F)cc2)C1=O)N1CCOCC1. The zero-order valence-electron chi connectivity index (χ0n) is 18.3. The Morgan fingerprint density at radius 2 is 1.87 bits per heavy atom. The summed E-state index contributed by atoms with van der Waals surface area (Å²) in [6.45, 7) is 8.88. The Labute approximate surface area is 182 Å². The minimum absolute atomic E-state index is 0.167. The van der Waals surface area contributed by atoms with Gasteiger partial charge in [-0.3, -0.25) is 19.4 Å². The van der Waals surface area contributed by atoms with Crippen molar-refractivity contribution in [3.63, 3.8) is 0 Å². The molecule has 2 atom stereocenters. The second-order valence-electron chi connectivity index (χ2n) is 8.69. The molecule has 3 rings (SSSR count). The van der Waals surface area contributed by atoms with E-state index < -0.39 is 29.2 Å². The lowest BCUT2D eigenvalue weighted by Gasteiger charge is -2.35. The third kappa shape index (κ3) is 5.40. The number of imide groups is 1. The predicted octanol–water partition coefficient (Wildman–Crippen LogP) is 1.46. The lowest BCUT2D eigenvalue weighted by Crippen LogP contribution is -2.50. The van der Waals surface area contributed by atoms with Crippen molar-refractivity contribution in [1.29, 1.82) is 0 Å². The standard InChI is InChI=1S/C22H31FN4O4/c1-15(2)12-18(26-8-10-31-11-9-26)13-24-19(28)14-27-20(29)22(3,25-21(27)30)16-4-6-17(23)7-5-16/h4-7,15,18H,8-14H2,1-3H3,(H,24,28)(H,25,30). The summed E-state index contributed by atoms with van der Waals surface area (Å²) in [6, 6.07) is 4.90. The van der Waals surface area contributed by atoms with Crippen molar-refractivity contribution >= 4 is 17.8 Å². The number of urea groups is 1. The Hall–Kier alpha value is -2.52. The monoisotopic (exact) mass is 434 g/mol. The van der Waals surface area contributed by atoms with Crippen LogP contribution in [0.4, 0.5) is 9.18 Å². The number of hydrogen-bond acceptors (Lipinski definition) is 5. The van der Waals surface area contributed by atoms with E-state index in [1.165, 1.54) is 24.3 Å². The second-order valence-corrected chi connectivity index (χ2v) is 8.69. The topological polar surface area (TPSA) is 91.0 Å². The molecule has 2 unspecified atom stereocenters. The van der Waals surface area contributed by atoms with Crippen LogP contribution in [0.3, 0.4) is 0 Å². The molecule has 2 N–H and O–H groups in total. The average Bonchev–Trinajstić information content (AvgIpc) is 2.95. The predicted molar refractivity (Wildman–Crippen MR) is 113 cm³/mol. The molecule has 1 aromatic rings. The minimum atomic E-state index is -1.33. The molecule has 170 valence electrons. The van der Waals surface area contributed by atoms with Gasteiger partial charge in [0, 0.05) is 25.7 Å². The van der Waals surface area contributed by atoms with Crippen LogP contribution in [0.2, 0.25) is 0 Å². The van der Waals surface area contributed by atoms with Gasteiger partial charge in [-0.15, -0.1) is 0 Å². The van der Waals surface area contributed by atoms with Crippen LogP contribution in [0.15, 0.2) is 24.3 Å². The van der Waals surface area contributed by atoms with Crippen LogP contribution in [0.5, 0.6) is 0 Å². The van der Waals surface area contributed by atoms with E-state index in [1.807, 2.05) is 0 Å². The lowest BCUT2D eigenvalue weighted by molar-refractivity contribution is -0.134. The number of amides is 4. The van der Waals surface area contributed by atoms with Crippen molar-refractivity contribution in [2.24, 2.45) is 5.92 Å². The number of carbonyl (C=O) groups excluding carboxylic acids is 3. The number of hydrogen-bond donors (Lipinski definition) is 2. The average molecular weight is 435 g/mol. The molecule has 9 heteroatoms. The second kappa shape index (κ2) is 9.74. The fourth-order valence-corrected chi connectivity index (χ4v) is 4.10. The number of ether oxygens (including phenoxy) is 1. The van der Waals surface area contributed by atoms with E-state index in [1.54, 1.807) is 6.92 Å². The number of nitrogens with one attached hydrogen (secondary N) is 2. The molecule has 0 bridgehead atoms. The largest absolute Gasteiger partial charge is 0.379 e. The Morgan fingerprint density at radius 1 is 1.23 bits per heavy atom. The number of carbonyl (C=O) groups is 3. The molecule has 0 aliphatic carbocycles. The van der Waals surface area contributed by atoms with Gasteiger partial charge in [0.15, 0.2) is 0 Å². The summed E-state index contributed by atoms with van der Waals surface area (Å²) in [5.41, 5.74) is -0.876. The zero-order valence-corrected chi connectivity index (χ0v) is 18.3. The van der Waals surface area contributed by atoms with Crippen LogP contribution < -0.4 is 10.6 Å². The zero-order chi connectivity index (χ0) is 22.6. The van der Waals surface area contributed by atoms with E-state index in [-0.39, 0.29) is 12.6 Å². The molecule has 2 aliphatic rings. The van der Waals surface area contributed by atoms with E-state index in [9.17, 15) is 18.8 Å². The quantitative estimate of drug-likeness (QED) is 0.605. The Bertz CT molecular complexity index is 810. The van der Waals surface area contributed by atoms with Crippen molar-refractivity contribution in [2.45, 2.75) is 38.8 Å². The highest BCUT2D eigenvalue weighted by Crippen LogP contribution is 2.28. The van der Waals surface area contributed by atoms with Crippen LogP contribution >= 0.6 is 0 Å².